The quantitative estimate of drug-likeness (QED) is 0.733. The van der Waals surface area contributed by atoms with Gasteiger partial charge in [0.25, 0.3) is 0 Å². The van der Waals surface area contributed by atoms with Crippen molar-refractivity contribution < 1.29 is 24.9 Å². The van der Waals surface area contributed by atoms with Crippen molar-refractivity contribution >= 4 is 27.7 Å². The zero-order valence-electron chi connectivity index (χ0n) is 8.92. The largest absolute Gasteiger partial charge is 0.508 e. The molecular weight excluding hydrogens is 292 g/mol. The summed E-state index contributed by atoms with van der Waals surface area (Å²) in [6.45, 7) is 1.37. The highest BCUT2D eigenvalue weighted by Crippen LogP contribution is 2.31. The fourth-order valence-electron chi connectivity index (χ4n) is 1.32. The van der Waals surface area contributed by atoms with Crippen molar-refractivity contribution in [2.75, 3.05) is 0 Å². The second-order valence-corrected chi connectivity index (χ2v) is 4.45. The number of phenolic OH excluding ortho intramolecular Hbond substituents is 1. The molecule has 0 aliphatic rings. The van der Waals surface area contributed by atoms with Gasteiger partial charge in [0.2, 0.25) is 0 Å². The van der Waals surface area contributed by atoms with Crippen LogP contribution in [0.5, 0.6) is 5.75 Å². The minimum atomic E-state index is -1.82. The van der Waals surface area contributed by atoms with Gasteiger partial charge < -0.3 is 15.3 Å². The molecule has 0 bridgehead atoms. The highest BCUT2D eigenvalue weighted by molar-refractivity contribution is 9.09. The number of aliphatic carboxylic acids is 1. The third-order valence-corrected chi connectivity index (χ3v) is 3.40. The fourth-order valence-corrected chi connectivity index (χ4v) is 1.60. The van der Waals surface area contributed by atoms with Crippen LogP contribution in [-0.2, 0) is 9.59 Å². The summed E-state index contributed by atoms with van der Waals surface area (Å²) in [4.78, 5) is 21.2. The lowest BCUT2D eigenvalue weighted by Crippen LogP contribution is -2.11. The summed E-state index contributed by atoms with van der Waals surface area (Å²) in [7, 11) is 0. The molecule has 2 unspecified atom stereocenters. The van der Waals surface area contributed by atoms with E-state index in [-0.39, 0.29) is 17.1 Å². The number of ketones is 1. The summed E-state index contributed by atoms with van der Waals surface area (Å²) in [5, 5.41) is 27.5. The van der Waals surface area contributed by atoms with Crippen LogP contribution in [0.3, 0.4) is 0 Å². The Hall–Kier alpha value is -1.40. The number of phenols is 1. The van der Waals surface area contributed by atoms with Crippen LogP contribution in [0.2, 0.25) is 0 Å². The lowest BCUT2D eigenvalue weighted by atomic mass is 10.0. The molecule has 17 heavy (non-hydrogen) atoms. The van der Waals surface area contributed by atoms with Crippen molar-refractivity contribution in [2.24, 2.45) is 0 Å². The van der Waals surface area contributed by atoms with Gasteiger partial charge in [-0.3, -0.25) is 4.79 Å². The molecule has 0 spiro atoms. The number of hydrogen-bond donors (Lipinski definition) is 3. The maximum atomic E-state index is 11.2. The SMILES string of the molecule is CC(=O)C(Br)c1ccc(O)c(C(O)C(=O)O)c1. The molecule has 0 aliphatic heterocycles. The van der Waals surface area contributed by atoms with Gasteiger partial charge in [0.1, 0.15) is 11.5 Å². The normalized spacial score (nSPS) is 14.1. The van der Waals surface area contributed by atoms with E-state index >= 15 is 0 Å². The smallest absolute Gasteiger partial charge is 0.337 e. The third kappa shape index (κ3) is 3.04. The number of aliphatic hydroxyl groups excluding tert-OH is 1. The highest BCUT2D eigenvalue weighted by Gasteiger charge is 2.22. The van der Waals surface area contributed by atoms with Gasteiger partial charge in [-0.2, -0.15) is 0 Å². The van der Waals surface area contributed by atoms with E-state index in [1.807, 2.05) is 0 Å². The lowest BCUT2D eigenvalue weighted by Gasteiger charge is -2.12. The minimum absolute atomic E-state index is 0.138. The van der Waals surface area contributed by atoms with Gasteiger partial charge in [-0.25, -0.2) is 4.79 Å². The Morgan fingerprint density at radius 1 is 1.35 bits per heavy atom. The van der Waals surface area contributed by atoms with Crippen molar-refractivity contribution in [3.8, 4) is 5.75 Å². The number of aromatic hydroxyl groups is 1. The Balaban J connectivity index is 3.19. The number of alkyl halides is 1. The van der Waals surface area contributed by atoms with Crippen molar-refractivity contribution in [1.29, 1.82) is 0 Å². The Kier molecular flexibility index (Phi) is 4.25. The van der Waals surface area contributed by atoms with Crippen molar-refractivity contribution in [3.63, 3.8) is 0 Å². The number of rotatable bonds is 4. The maximum Gasteiger partial charge on any atom is 0.337 e. The van der Waals surface area contributed by atoms with Crippen molar-refractivity contribution in [1.82, 2.24) is 0 Å². The number of aliphatic hydroxyl groups is 1. The predicted octanol–water partition coefficient (Wildman–Crippen LogP) is 1.54. The molecule has 1 aromatic carbocycles. The average Bonchev–Trinajstić information content (AvgIpc) is 2.27. The molecule has 0 fully saturated rings. The fraction of sp³-hybridized carbons (Fsp3) is 0.273. The molecule has 2 atom stereocenters. The van der Waals surface area contributed by atoms with E-state index in [0.29, 0.717) is 5.56 Å². The molecule has 6 heteroatoms. The van der Waals surface area contributed by atoms with E-state index in [1.165, 1.54) is 25.1 Å². The first kappa shape index (κ1) is 13.7. The lowest BCUT2D eigenvalue weighted by molar-refractivity contribution is -0.147. The monoisotopic (exact) mass is 302 g/mol. The van der Waals surface area contributed by atoms with Crippen LogP contribution in [-0.4, -0.2) is 27.1 Å². The number of halogens is 1. The van der Waals surface area contributed by atoms with Crippen LogP contribution in [0.1, 0.15) is 29.0 Å². The number of carboxylic acids is 1. The number of carbonyl (C=O) groups excluding carboxylic acids is 1. The highest BCUT2D eigenvalue weighted by atomic mass is 79.9. The Morgan fingerprint density at radius 2 is 1.94 bits per heavy atom. The number of carboxylic acid groups (broad SMARTS) is 1. The standard InChI is InChI=1S/C11H11BrO5/c1-5(13)9(12)6-2-3-8(14)7(4-6)10(15)11(16)17/h2-4,9-10,14-15H,1H3,(H,16,17). The Morgan fingerprint density at radius 3 is 2.41 bits per heavy atom. The Bertz CT molecular complexity index is 457. The van der Waals surface area contributed by atoms with E-state index in [0.717, 1.165) is 0 Å². The first-order valence-electron chi connectivity index (χ1n) is 4.72. The summed E-state index contributed by atoms with van der Waals surface area (Å²) < 4.78 is 0. The van der Waals surface area contributed by atoms with Crippen LogP contribution in [0.15, 0.2) is 18.2 Å². The molecule has 0 aromatic heterocycles. The molecule has 1 aromatic rings. The summed E-state index contributed by atoms with van der Waals surface area (Å²) in [5.41, 5.74) is 0.339. The predicted molar refractivity (Wildman–Crippen MR) is 63.1 cm³/mol. The van der Waals surface area contributed by atoms with E-state index in [9.17, 15) is 19.8 Å². The van der Waals surface area contributed by atoms with Gasteiger partial charge in [0.05, 0.1) is 4.83 Å². The van der Waals surface area contributed by atoms with Crippen LogP contribution in [0.4, 0.5) is 0 Å². The van der Waals surface area contributed by atoms with Crippen molar-refractivity contribution in [2.45, 2.75) is 17.9 Å². The molecule has 1 rings (SSSR count). The summed E-state index contributed by atoms with van der Waals surface area (Å²) in [5.74, 6) is -1.95. The Labute approximate surface area is 106 Å². The zero-order chi connectivity index (χ0) is 13.2. The summed E-state index contributed by atoms with van der Waals surface area (Å²) in [6.07, 6.45) is -1.82. The van der Waals surface area contributed by atoms with Crippen LogP contribution >= 0.6 is 15.9 Å². The number of Topliss-reactive ketones (excluding diaryl/α,β-unsaturated/α-hetero) is 1. The number of hydrogen-bond acceptors (Lipinski definition) is 4. The van der Waals surface area contributed by atoms with Gasteiger partial charge in [-0.1, -0.05) is 22.0 Å². The van der Waals surface area contributed by atoms with Crippen LogP contribution in [0, 0.1) is 0 Å². The summed E-state index contributed by atoms with van der Waals surface area (Å²) >= 11 is 3.13. The zero-order valence-corrected chi connectivity index (χ0v) is 10.5. The molecule has 0 radical (unpaired) electrons. The molecule has 5 nitrogen and oxygen atoms in total. The second-order valence-electron chi connectivity index (χ2n) is 3.53. The molecule has 0 aliphatic carbocycles. The molecule has 3 N–H and O–H groups in total. The molecule has 0 saturated heterocycles. The topological polar surface area (TPSA) is 94.8 Å². The summed E-state index contributed by atoms with van der Waals surface area (Å²) in [6, 6.07) is 4.01. The van der Waals surface area contributed by atoms with Gasteiger partial charge in [0, 0.05) is 5.56 Å². The third-order valence-electron chi connectivity index (χ3n) is 2.23. The van der Waals surface area contributed by atoms with E-state index in [2.05, 4.69) is 15.9 Å². The number of carbonyl (C=O) groups is 2. The minimum Gasteiger partial charge on any atom is -0.508 e. The van der Waals surface area contributed by atoms with Crippen LogP contribution in [0.25, 0.3) is 0 Å². The molecule has 92 valence electrons. The van der Waals surface area contributed by atoms with Gasteiger partial charge in [0.15, 0.2) is 6.10 Å². The number of benzene rings is 1. The van der Waals surface area contributed by atoms with Crippen molar-refractivity contribution in [3.05, 3.63) is 29.3 Å². The van der Waals surface area contributed by atoms with Gasteiger partial charge >= 0.3 is 5.97 Å². The first-order valence-corrected chi connectivity index (χ1v) is 5.64. The molecule has 0 saturated carbocycles. The van der Waals surface area contributed by atoms with E-state index in [1.54, 1.807) is 0 Å². The van der Waals surface area contributed by atoms with Gasteiger partial charge in [-0.15, -0.1) is 0 Å². The van der Waals surface area contributed by atoms with E-state index in [4.69, 9.17) is 5.11 Å². The second kappa shape index (κ2) is 5.29. The maximum absolute atomic E-state index is 11.2. The molecule has 0 amide bonds. The molecular formula is C11H11BrO5. The molecule has 0 heterocycles. The van der Waals surface area contributed by atoms with Crippen LogP contribution < -0.4 is 0 Å². The average molecular weight is 303 g/mol. The first-order chi connectivity index (χ1) is 7.84. The van der Waals surface area contributed by atoms with Gasteiger partial charge in [-0.05, 0) is 24.6 Å². The van der Waals surface area contributed by atoms with E-state index < -0.39 is 16.9 Å².